The zero-order valence-electron chi connectivity index (χ0n) is 12.8. The van der Waals surface area contributed by atoms with Crippen LogP contribution in [0.1, 0.15) is 10.6 Å². The molecule has 134 valence electrons. The first-order chi connectivity index (χ1) is 12.2. The number of fused-ring (bicyclic) bond motifs is 1. The fourth-order valence-corrected chi connectivity index (χ4v) is 2.35. The van der Waals surface area contributed by atoms with Crippen LogP contribution in [0.5, 0.6) is 5.75 Å². The molecule has 5 nitrogen and oxygen atoms in total. The zero-order valence-corrected chi connectivity index (χ0v) is 13.5. The number of ether oxygens (including phenoxy) is 1. The molecular weight excluding hydrogens is 375 g/mol. The fraction of sp³-hybridized carbons (Fsp3) is 0.0588. The second kappa shape index (κ2) is 6.72. The van der Waals surface area contributed by atoms with Crippen LogP contribution in [-0.4, -0.2) is 12.3 Å². The Kier molecular flexibility index (Phi) is 4.60. The van der Waals surface area contributed by atoms with E-state index in [4.69, 9.17) is 16.0 Å². The molecule has 0 aliphatic rings. The van der Waals surface area contributed by atoms with Gasteiger partial charge in [-0.1, -0.05) is 11.6 Å². The molecule has 0 saturated carbocycles. The maximum atomic E-state index is 12.2. The van der Waals surface area contributed by atoms with Crippen molar-refractivity contribution in [2.45, 2.75) is 6.36 Å². The molecule has 0 aliphatic heterocycles. The Morgan fingerprint density at radius 3 is 2.42 bits per heavy atom. The summed E-state index contributed by atoms with van der Waals surface area (Å²) in [6.45, 7) is 0. The number of amides is 1. The molecule has 3 rings (SSSR count). The smallest absolute Gasteiger partial charge is 0.451 e. The summed E-state index contributed by atoms with van der Waals surface area (Å²) in [4.78, 5) is 24.3. The minimum Gasteiger partial charge on any atom is -0.451 e. The Morgan fingerprint density at radius 1 is 1.08 bits per heavy atom. The molecule has 2 aromatic carbocycles. The van der Waals surface area contributed by atoms with E-state index in [0.717, 1.165) is 18.2 Å². The van der Waals surface area contributed by atoms with Gasteiger partial charge in [0.25, 0.3) is 5.91 Å². The van der Waals surface area contributed by atoms with E-state index >= 15 is 0 Å². The van der Waals surface area contributed by atoms with Crippen LogP contribution in [0.4, 0.5) is 18.9 Å². The van der Waals surface area contributed by atoms with Crippen LogP contribution in [-0.2, 0) is 0 Å². The highest BCUT2D eigenvalue weighted by atomic mass is 35.5. The molecule has 1 N–H and O–H groups in total. The monoisotopic (exact) mass is 383 g/mol. The van der Waals surface area contributed by atoms with Gasteiger partial charge in [0.1, 0.15) is 11.3 Å². The van der Waals surface area contributed by atoms with Crippen molar-refractivity contribution in [2.75, 3.05) is 5.32 Å². The van der Waals surface area contributed by atoms with E-state index in [0.29, 0.717) is 5.02 Å². The molecule has 0 aliphatic carbocycles. The first kappa shape index (κ1) is 17.8. The normalized spacial score (nSPS) is 11.4. The van der Waals surface area contributed by atoms with Crippen LogP contribution in [0.15, 0.2) is 57.7 Å². The number of benzene rings is 2. The van der Waals surface area contributed by atoms with Crippen molar-refractivity contribution >= 4 is 34.2 Å². The zero-order chi connectivity index (χ0) is 18.9. The predicted molar refractivity (Wildman–Crippen MR) is 88.6 cm³/mol. The Hall–Kier alpha value is -3.00. The minimum absolute atomic E-state index is 0.181. The molecule has 0 radical (unpaired) electrons. The lowest BCUT2D eigenvalue weighted by molar-refractivity contribution is -0.274. The number of carbonyl (C=O) groups is 1. The summed E-state index contributed by atoms with van der Waals surface area (Å²) in [5.41, 5.74) is -0.0721. The van der Waals surface area contributed by atoms with Crippen LogP contribution in [0.2, 0.25) is 5.02 Å². The molecular formula is C17H9ClF3NO4. The highest BCUT2D eigenvalue weighted by Gasteiger charge is 2.31. The van der Waals surface area contributed by atoms with Crippen molar-refractivity contribution < 1.29 is 27.1 Å². The van der Waals surface area contributed by atoms with Gasteiger partial charge < -0.3 is 14.5 Å². The van der Waals surface area contributed by atoms with Crippen molar-refractivity contribution in [3.8, 4) is 5.75 Å². The molecule has 9 heteroatoms. The summed E-state index contributed by atoms with van der Waals surface area (Å²) in [5, 5.41) is 2.99. The van der Waals surface area contributed by atoms with E-state index in [1.165, 1.54) is 30.3 Å². The summed E-state index contributed by atoms with van der Waals surface area (Å²) in [7, 11) is 0. The Labute approximate surface area is 148 Å². The summed E-state index contributed by atoms with van der Waals surface area (Å²) < 4.78 is 45.5. The number of rotatable bonds is 3. The minimum atomic E-state index is -4.80. The first-order valence-electron chi connectivity index (χ1n) is 7.12. The molecule has 0 spiro atoms. The van der Waals surface area contributed by atoms with Gasteiger partial charge >= 0.3 is 6.36 Å². The molecule has 0 fully saturated rings. The quantitative estimate of drug-likeness (QED) is 0.718. The summed E-state index contributed by atoms with van der Waals surface area (Å²) >= 11 is 5.81. The van der Waals surface area contributed by atoms with E-state index in [2.05, 4.69) is 10.1 Å². The van der Waals surface area contributed by atoms with Crippen LogP contribution in [0, 0.1) is 0 Å². The topological polar surface area (TPSA) is 68.5 Å². The summed E-state index contributed by atoms with van der Waals surface area (Å²) in [5.74, 6) is -1.41. The molecule has 1 amide bonds. The number of anilines is 1. The molecule has 0 saturated heterocycles. The van der Waals surface area contributed by atoms with E-state index in [-0.39, 0.29) is 22.4 Å². The van der Waals surface area contributed by atoms with Crippen LogP contribution < -0.4 is 15.5 Å². The van der Waals surface area contributed by atoms with Gasteiger partial charge in [-0.15, -0.1) is 13.2 Å². The molecule has 0 atom stereocenters. The third kappa shape index (κ3) is 4.15. The van der Waals surface area contributed by atoms with Gasteiger partial charge in [-0.05, 0) is 42.5 Å². The Morgan fingerprint density at radius 2 is 1.77 bits per heavy atom. The van der Waals surface area contributed by atoms with E-state index in [1.54, 1.807) is 0 Å². The van der Waals surface area contributed by atoms with Gasteiger partial charge in [0.2, 0.25) is 0 Å². The number of hydrogen-bond acceptors (Lipinski definition) is 4. The second-order valence-corrected chi connectivity index (χ2v) is 5.58. The number of alkyl halides is 3. The van der Waals surface area contributed by atoms with Crippen LogP contribution in [0.25, 0.3) is 11.0 Å². The number of nitrogens with one attached hydrogen (secondary N) is 1. The predicted octanol–water partition coefficient (Wildman–Crippen LogP) is 4.60. The largest absolute Gasteiger partial charge is 0.573 e. The maximum absolute atomic E-state index is 12.2. The summed E-state index contributed by atoms with van der Waals surface area (Å²) in [6, 6.07) is 9.92. The van der Waals surface area contributed by atoms with Crippen molar-refractivity contribution in [1.82, 2.24) is 0 Å². The molecule has 0 bridgehead atoms. The highest BCUT2D eigenvalue weighted by molar-refractivity contribution is 6.31. The lowest BCUT2D eigenvalue weighted by atomic mass is 10.2. The van der Waals surface area contributed by atoms with Gasteiger partial charge in [-0.25, -0.2) is 0 Å². The van der Waals surface area contributed by atoms with Crippen LogP contribution >= 0.6 is 11.6 Å². The Balaban J connectivity index is 1.81. The SMILES string of the molecule is O=C(Nc1ccc(OC(F)(F)F)cc1)c1cc(=O)c2cc(Cl)ccc2o1. The van der Waals surface area contributed by atoms with E-state index in [9.17, 15) is 22.8 Å². The fourth-order valence-electron chi connectivity index (χ4n) is 2.17. The maximum Gasteiger partial charge on any atom is 0.573 e. The first-order valence-corrected chi connectivity index (χ1v) is 7.50. The van der Waals surface area contributed by atoms with E-state index in [1.807, 2.05) is 0 Å². The highest BCUT2D eigenvalue weighted by Crippen LogP contribution is 2.24. The van der Waals surface area contributed by atoms with Crippen molar-refractivity contribution in [3.05, 3.63) is 69.5 Å². The van der Waals surface area contributed by atoms with Crippen molar-refractivity contribution in [3.63, 3.8) is 0 Å². The number of hydrogen-bond donors (Lipinski definition) is 1. The summed E-state index contributed by atoms with van der Waals surface area (Å²) in [6.07, 6.45) is -4.80. The van der Waals surface area contributed by atoms with Gasteiger partial charge in [-0.3, -0.25) is 9.59 Å². The molecule has 26 heavy (non-hydrogen) atoms. The van der Waals surface area contributed by atoms with Crippen LogP contribution in [0.3, 0.4) is 0 Å². The van der Waals surface area contributed by atoms with Gasteiger partial charge in [0.05, 0.1) is 5.39 Å². The lowest BCUT2D eigenvalue weighted by Gasteiger charge is -2.10. The molecule has 3 aromatic rings. The van der Waals surface area contributed by atoms with Crippen molar-refractivity contribution in [2.24, 2.45) is 0 Å². The third-order valence-corrected chi connectivity index (χ3v) is 3.49. The number of carbonyl (C=O) groups excluding carboxylic acids is 1. The van der Waals surface area contributed by atoms with Gasteiger partial charge in [0.15, 0.2) is 11.2 Å². The number of halogens is 4. The standard InChI is InChI=1S/C17H9ClF3NO4/c18-9-1-6-14-12(7-9)13(23)8-15(25-14)16(24)22-10-2-4-11(5-3-10)26-17(19,20)21/h1-8H,(H,22,24). The third-order valence-electron chi connectivity index (χ3n) is 3.26. The molecule has 1 aromatic heterocycles. The lowest BCUT2D eigenvalue weighted by Crippen LogP contribution is -2.17. The second-order valence-electron chi connectivity index (χ2n) is 5.14. The van der Waals surface area contributed by atoms with E-state index < -0.39 is 23.4 Å². The molecule has 1 heterocycles. The Bertz CT molecular complexity index is 1030. The average Bonchev–Trinajstić information content (AvgIpc) is 2.56. The molecule has 0 unspecified atom stereocenters. The van der Waals surface area contributed by atoms with Gasteiger partial charge in [-0.2, -0.15) is 0 Å². The average molecular weight is 384 g/mol. The van der Waals surface area contributed by atoms with Gasteiger partial charge in [0, 0.05) is 16.8 Å². The van der Waals surface area contributed by atoms with Crippen molar-refractivity contribution in [1.29, 1.82) is 0 Å².